The zero-order valence-corrected chi connectivity index (χ0v) is 9.24. The van der Waals surface area contributed by atoms with E-state index in [1.54, 1.807) is 0 Å². The number of hydrogen-bond acceptors (Lipinski definition) is 2. The fourth-order valence-corrected chi connectivity index (χ4v) is 3.40. The van der Waals surface area contributed by atoms with Gasteiger partial charge in [0.2, 0.25) is 0 Å². The molecule has 0 saturated heterocycles. The molecule has 0 amide bonds. The van der Waals surface area contributed by atoms with Crippen molar-refractivity contribution >= 4 is 11.3 Å². The molecule has 1 aromatic heterocycles. The van der Waals surface area contributed by atoms with E-state index in [2.05, 4.69) is 32.9 Å². The van der Waals surface area contributed by atoms with Crippen LogP contribution < -0.4 is 0 Å². The Balaban J connectivity index is 2.35. The normalized spacial score (nSPS) is 30.5. The summed E-state index contributed by atoms with van der Waals surface area (Å²) in [6.45, 7) is 6.88. The third-order valence-corrected chi connectivity index (χ3v) is 4.60. The number of hydrogen-bond donors (Lipinski definition) is 1. The molecule has 0 bridgehead atoms. The maximum absolute atomic E-state index is 9.46. The molecule has 1 nitrogen and oxygen atoms in total. The molecule has 0 aromatic carbocycles. The van der Waals surface area contributed by atoms with E-state index in [4.69, 9.17) is 0 Å². The van der Waals surface area contributed by atoms with Gasteiger partial charge in [-0.3, -0.25) is 0 Å². The summed E-state index contributed by atoms with van der Waals surface area (Å²) in [6.07, 6.45) is 1.12. The topological polar surface area (TPSA) is 20.2 Å². The second-order valence-corrected chi connectivity index (χ2v) is 6.00. The molecule has 0 radical (unpaired) electrons. The van der Waals surface area contributed by atoms with Crippen LogP contribution >= 0.6 is 11.3 Å². The van der Waals surface area contributed by atoms with Gasteiger partial charge in [-0.15, -0.1) is 11.3 Å². The molecule has 0 aliphatic heterocycles. The van der Waals surface area contributed by atoms with Crippen LogP contribution in [0.1, 0.15) is 30.0 Å². The Hall–Kier alpha value is -0.340. The first-order chi connectivity index (χ1) is 6.02. The van der Waals surface area contributed by atoms with Crippen molar-refractivity contribution in [3.8, 4) is 0 Å². The van der Waals surface area contributed by atoms with Crippen molar-refractivity contribution in [2.24, 2.45) is 5.41 Å². The van der Waals surface area contributed by atoms with Gasteiger partial charge in [0.15, 0.2) is 0 Å². The summed E-state index contributed by atoms with van der Waals surface area (Å²) in [7, 11) is 0. The largest absolute Gasteiger partial charge is 0.395 e. The van der Waals surface area contributed by atoms with Crippen LogP contribution in [0.25, 0.3) is 0 Å². The van der Waals surface area contributed by atoms with Gasteiger partial charge >= 0.3 is 0 Å². The second-order valence-electron chi connectivity index (χ2n) is 4.71. The molecule has 1 heterocycles. The third-order valence-electron chi connectivity index (χ3n) is 3.40. The van der Waals surface area contributed by atoms with E-state index < -0.39 is 0 Å². The van der Waals surface area contributed by atoms with Gasteiger partial charge in [0.1, 0.15) is 0 Å². The Labute approximate surface area is 83.4 Å². The zero-order valence-electron chi connectivity index (χ0n) is 8.42. The van der Waals surface area contributed by atoms with Gasteiger partial charge in [-0.1, -0.05) is 13.8 Å². The lowest BCUT2D eigenvalue weighted by Gasteiger charge is -2.15. The van der Waals surface area contributed by atoms with Crippen LogP contribution in [0.15, 0.2) is 12.1 Å². The molecule has 1 aliphatic carbocycles. The van der Waals surface area contributed by atoms with Crippen LogP contribution in [0.5, 0.6) is 0 Å². The summed E-state index contributed by atoms with van der Waals surface area (Å²) in [5.74, 6) is 0. The number of aryl methyl sites for hydroxylation is 1. The molecular weight excluding hydrogens is 180 g/mol. The van der Waals surface area contributed by atoms with Crippen molar-refractivity contribution in [3.63, 3.8) is 0 Å². The Bertz CT molecular complexity index is 327. The third kappa shape index (κ3) is 1.16. The first kappa shape index (κ1) is 9.22. The number of aliphatic hydroxyl groups is 1. The van der Waals surface area contributed by atoms with E-state index in [1.165, 1.54) is 9.75 Å². The molecule has 1 atom stereocenters. The molecule has 1 unspecified atom stereocenters. The Kier molecular flexibility index (Phi) is 1.83. The molecule has 1 aliphatic rings. The Morgan fingerprint density at radius 1 is 1.46 bits per heavy atom. The van der Waals surface area contributed by atoms with Gasteiger partial charge in [-0.25, -0.2) is 0 Å². The van der Waals surface area contributed by atoms with Gasteiger partial charge in [0.05, 0.1) is 6.61 Å². The number of rotatable bonds is 2. The van der Waals surface area contributed by atoms with Crippen LogP contribution in [0, 0.1) is 12.3 Å². The fraction of sp³-hybridized carbons (Fsp3) is 0.636. The highest BCUT2D eigenvalue weighted by Crippen LogP contribution is 2.65. The first-order valence-corrected chi connectivity index (χ1v) is 5.51. The minimum atomic E-state index is 0.0753. The van der Waals surface area contributed by atoms with Crippen LogP contribution in [-0.4, -0.2) is 11.7 Å². The van der Waals surface area contributed by atoms with Crippen molar-refractivity contribution in [2.45, 2.75) is 32.6 Å². The number of thiophene rings is 1. The average Bonchev–Trinajstić information content (AvgIpc) is 2.43. The van der Waals surface area contributed by atoms with Gasteiger partial charge in [-0.2, -0.15) is 0 Å². The summed E-state index contributed by atoms with van der Waals surface area (Å²) in [5.41, 5.74) is 0.366. The van der Waals surface area contributed by atoms with Gasteiger partial charge in [0, 0.05) is 15.2 Å². The van der Waals surface area contributed by atoms with E-state index >= 15 is 0 Å². The molecule has 2 rings (SSSR count). The van der Waals surface area contributed by atoms with Crippen LogP contribution in [0.4, 0.5) is 0 Å². The lowest BCUT2D eigenvalue weighted by atomic mass is 9.95. The highest BCUT2D eigenvalue weighted by atomic mass is 32.1. The smallest absolute Gasteiger partial charge is 0.0541 e. The van der Waals surface area contributed by atoms with Crippen molar-refractivity contribution < 1.29 is 5.11 Å². The molecule has 1 N–H and O–H groups in total. The van der Waals surface area contributed by atoms with Crippen LogP contribution in [-0.2, 0) is 5.41 Å². The lowest BCUT2D eigenvalue weighted by Crippen LogP contribution is -2.17. The second kappa shape index (κ2) is 2.58. The quantitative estimate of drug-likeness (QED) is 0.771. The summed E-state index contributed by atoms with van der Waals surface area (Å²) in [4.78, 5) is 2.70. The highest BCUT2D eigenvalue weighted by molar-refractivity contribution is 7.12. The van der Waals surface area contributed by atoms with E-state index in [0.29, 0.717) is 12.0 Å². The predicted octanol–water partition coefficient (Wildman–Crippen LogP) is 2.72. The van der Waals surface area contributed by atoms with Crippen molar-refractivity contribution in [1.82, 2.24) is 0 Å². The lowest BCUT2D eigenvalue weighted by molar-refractivity contribution is 0.233. The summed E-state index contributed by atoms with van der Waals surface area (Å²) >= 11 is 1.82. The predicted molar refractivity (Wildman–Crippen MR) is 56.2 cm³/mol. The highest BCUT2D eigenvalue weighted by Gasteiger charge is 2.62. The standard InChI is InChI=1S/C11H16OS/c1-8-4-5-9(13-8)11(7-12)6-10(11,2)3/h4-5,12H,6-7H2,1-3H3. The molecule has 1 aromatic rings. The molecular formula is C11H16OS. The van der Waals surface area contributed by atoms with Gasteiger partial charge in [-0.05, 0) is 30.9 Å². The van der Waals surface area contributed by atoms with E-state index in [0.717, 1.165) is 6.42 Å². The SMILES string of the molecule is Cc1ccc(C2(CO)CC2(C)C)s1. The van der Waals surface area contributed by atoms with Crippen molar-refractivity contribution in [3.05, 3.63) is 21.9 Å². The molecule has 1 saturated carbocycles. The van der Waals surface area contributed by atoms with Crippen LogP contribution in [0.2, 0.25) is 0 Å². The van der Waals surface area contributed by atoms with Crippen LogP contribution in [0.3, 0.4) is 0 Å². The monoisotopic (exact) mass is 196 g/mol. The number of aliphatic hydroxyl groups excluding tert-OH is 1. The molecule has 2 heteroatoms. The summed E-state index contributed by atoms with van der Waals surface area (Å²) in [5, 5.41) is 9.46. The van der Waals surface area contributed by atoms with E-state index in [9.17, 15) is 5.11 Å². The zero-order chi connectivity index (χ0) is 9.69. The van der Waals surface area contributed by atoms with E-state index in [1.807, 2.05) is 11.3 Å². The summed E-state index contributed by atoms with van der Waals surface area (Å²) < 4.78 is 0. The molecule has 72 valence electrons. The summed E-state index contributed by atoms with van der Waals surface area (Å²) in [6, 6.07) is 4.32. The minimum absolute atomic E-state index is 0.0753. The molecule has 1 fully saturated rings. The Morgan fingerprint density at radius 2 is 2.08 bits per heavy atom. The van der Waals surface area contributed by atoms with Gasteiger partial charge < -0.3 is 5.11 Å². The maximum Gasteiger partial charge on any atom is 0.0541 e. The van der Waals surface area contributed by atoms with E-state index in [-0.39, 0.29) is 5.41 Å². The first-order valence-electron chi connectivity index (χ1n) is 4.70. The fourth-order valence-electron chi connectivity index (χ4n) is 2.17. The maximum atomic E-state index is 9.46. The van der Waals surface area contributed by atoms with Crippen molar-refractivity contribution in [2.75, 3.05) is 6.61 Å². The Morgan fingerprint density at radius 3 is 2.38 bits per heavy atom. The van der Waals surface area contributed by atoms with Crippen molar-refractivity contribution in [1.29, 1.82) is 0 Å². The average molecular weight is 196 g/mol. The minimum Gasteiger partial charge on any atom is -0.395 e. The molecule has 0 spiro atoms. The molecule has 13 heavy (non-hydrogen) atoms. The van der Waals surface area contributed by atoms with Gasteiger partial charge in [0.25, 0.3) is 0 Å².